The second kappa shape index (κ2) is 8.63. The Balaban J connectivity index is 1.29. The lowest BCUT2D eigenvalue weighted by atomic mass is 9.94. The molecule has 0 radical (unpaired) electrons. The molecule has 7 heteroatoms. The quantitative estimate of drug-likeness (QED) is 0.842. The van der Waals surface area contributed by atoms with Crippen molar-refractivity contribution in [3.05, 3.63) is 36.2 Å². The third-order valence-corrected chi connectivity index (χ3v) is 5.52. The van der Waals surface area contributed by atoms with Crippen LogP contribution in [0, 0.1) is 5.92 Å². The third-order valence-electron chi connectivity index (χ3n) is 5.52. The van der Waals surface area contributed by atoms with Gasteiger partial charge in [-0.15, -0.1) is 0 Å². The van der Waals surface area contributed by atoms with E-state index in [0.717, 1.165) is 57.6 Å². The zero-order chi connectivity index (χ0) is 18.5. The molecule has 0 saturated carbocycles. The van der Waals surface area contributed by atoms with Crippen LogP contribution in [-0.2, 0) is 16.1 Å². The minimum Gasteiger partial charge on any atom is -0.381 e. The maximum Gasteiger partial charge on any atom is 0.224 e. The molecular weight excluding hydrogens is 342 g/mol. The molecule has 2 aliphatic rings. The number of likely N-dealkylation sites (tertiary alicyclic amines) is 1. The number of ether oxygens (including phenoxy) is 1. The highest BCUT2D eigenvalue weighted by molar-refractivity contribution is 5.78. The van der Waals surface area contributed by atoms with Crippen LogP contribution in [0.25, 0.3) is 11.4 Å². The van der Waals surface area contributed by atoms with Gasteiger partial charge in [0.2, 0.25) is 5.91 Å². The second-order valence-electron chi connectivity index (χ2n) is 7.37. The van der Waals surface area contributed by atoms with Crippen molar-refractivity contribution in [1.29, 1.82) is 0 Å². The van der Waals surface area contributed by atoms with Crippen LogP contribution in [0.3, 0.4) is 0 Å². The predicted molar refractivity (Wildman–Crippen MR) is 102 cm³/mol. The predicted octanol–water partition coefficient (Wildman–Crippen LogP) is 1.98. The first-order valence-corrected chi connectivity index (χ1v) is 9.86. The highest BCUT2D eigenvalue weighted by atomic mass is 16.5. The van der Waals surface area contributed by atoms with Gasteiger partial charge in [-0.1, -0.05) is 30.3 Å². The van der Waals surface area contributed by atoms with Crippen molar-refractivity contribution >= 4 is 5.91 Å². The Morgan fingerprint density at radius 2 is 2.04 bits per heavy atom. The Bertz CT molecular complexity index is 742. The molecular formula is C20H27N5O2. The van der Waals surface area contributed by atoms with Gasteiger partial charge in [-0.3, -0.25) is 14.8 Å². The molecule has 0 spiro atoms. The number of H-pyrrole nitrogens is 1. The first kappa shape index (κ1) is 18.1. The smallest absolute Gasteiger partial charge is 0.224 e. The Morgan fingerprint density at radius 3 is 2.85 bits per heavy atom. The molecule has 1 aromatic heterocycles. The van der Waals surface area contributed by atoms with E-state index in [1.165, 1.54) is 0 Å². The average Bonchev–Trinajstić information content (AvgIpc) is 3.22. The maximum absolute atomic E-state index is 12.7. The Labute approximate surface area is 159 Å². The summed E-state index contributed by atoms with van der Waals surface area (Å²) >= 11 is 0. The number of carbonyl (C=O) groups is 1. The molecule has 1 unspecified atom stereocenters. The zero-order valence-electron chi connectivity index (χ0n) is 15.6. The van der Waals surface area contributed by atoms with Crippen molar-refractivity contribution in [2.75, 3.05) is 26.3 Å². The summed E-state index contributed by atoms with van der Waals surface area (Å²) in [6.45, 7) is 4.01. The Kier molecular flexibility index (Phi) is 5.79. The molecule has 0 bridgehead atoms. The van der Waals surface area contributed by atoms with Crippen LogP contribution in [0.1, 0.15) is 31.5 Å². The molecule has 1 atom stereocenters. The van der Waals surface area contributed by atoms with Gasteiger partial charge in [-0.2, -0.15) is 5.10 Å². The lowest BCUT2D eigenvalue weighted by Crippen LogP contribution is -2.48. The van der Waals surface area contributed by atoms with Crippen LogP contribution in [0.15, 0.2) is 30.3 Å². The standard InChI is InChI=1S/C20H27N5O2/c26-20(16-7-4-10-25(14-16)17-8-11-27-12-9-17)21-13-18-22-19(24-23-18)15-5-2-1-3-6-15/h1-3,5-6,16-17H,4,7-14H2,(H,21,26)(H,22,23,24). The number of aromatic nitrogens is 3. The van der Waals surface area contributed by atoms with Crippen LogP contribution in [-0.4, -0.2) is 58.3 Å². The number of aromatic amines is 1. The first-order valence-electron chi connectivity index (χ1n) is 9.86. The van der Waals surface area contributed by atoms with Crippen molar-refractivity contribution in [3.63, 3.8) is 0 Å². The molecule has 3 heterocycles. The number of hydrogen-bond acceptors (Lipinski definition) is 5. The molecule has 4 rings (SSSR count). The van der Waals surface area contributed by atoms with Gasteiger partial charge in [0, 0.05) is 31.4 Å². The van der Waals surface area contributed by atoms with Gasteiger partial charge in [-0.25, -0.2) is 4.98 Å². The normalized spacial score (nSPS) is 21.9. The number of piperidine rings is 1. The van der Waals surface area contributed by atoms with E-state index in [4.69, 9.17) is 4.74 Å². The number of hydrogen-bond donors (Lipinski definition) is 2. The molecule has 0 aliphatic carbocycles. The average molecular weight is 369 g/mol. The minimum atomic E-state index is 0.0538. The van der Waals surface area contributed by atoms with Crippen LogP contribution in [0.4, 0.5) is 0 Å². The van der Waals surface area contributed by atoms with Gasteiger partial charge in [0.1, 0.15) is 5.82 Å². The van der Waals surface area contributed by atoms with Crippen molar-refractivity contribution in [3.8, 4) is 11.4 Å². The summed E-state index contributed by atoms with van der Waals surface area (Å²) in [4.78, 5) is 19.6. The number of nitrogens with zero attached hydrogens (tertiary/aromatic N) is 3. The van der Waals surface area contributed by atoms with Crippen molar-refractivity contribution in [2.45, 2.75) is 38.3 Å². The minimum absolute atomic E-state index is 0.0538. The summed E-state index contributed by atoms with van der Waals surface area (Å²) in [5, 5.41) is 10.2. The summed E-state index contributed by atoms with van der Waals surface area (Å²) in [6, 6.07) is 10.4. The highest BCUT2D eigenvalue weighted by Crippen LogP contribution is 2.23. The molecule has 2 aliphatic heterocycles. The van der Waals surface area contributed by atoms with Gasteiger partial charge in [0.15, 0.2) is 5.82 Å². The van der Waals surface area contributed by atoms with E-state index >= 15 is 0 Å². The summed E-state index contributed by atoms with van der Waals surface area (Å²) in [7, 11) is 0. The topological polar surface area (TPSA) is 83.1 Å². The van der Waals surface area contributed by atoms with E-state index in [9.17, 15) is 4.79 Å². The maximum atomic E-state index is 12.7. The summed E-state index contributed by atoms with van der Waals surface area (Å²) < 4.78 is 5.46. The van der Waals surface area contributed by atoms with Crippen molar-refractivity contribution in [1.82, 2.24) is 25.4 Å². The number of amides is 1. The van der Waals surface area contributed by atoms with Gasteiger partial charge in [0.05, 0.1) is 12.5 Å². The highest BCUT2D eigenvalue weighted by Gasteiger charge is 2.30. The van der Waals surface area contributed by atoms with Crippen molar-refractivity contribution in [2.24, 2.45) is 5.92 Å². The summed E-state index contributed by atoms with van der Waals surface area (Å²) in [5.41, 5.74) is 0.964. The number of carbonyl (C=O) groups excluding carboxylic acids is 1. The molecule has 27 heavy (non-hydrogen) atoms. The molecule has 2 saturated heterocycles. The second-order valence-corrected chi connectivity index (χ2v) is 7.37. The molecule has 2 fully saturated rings. The number of nitrogens with one attached hydrogen (secondary N) is 2. The van der Waals surface area contributed by atoms with E-state index in [1.54, 1.807) is 0 Å². The molecule has 2 aromatic rings. The summed E-state index contributed by atoms with van der Waals surface area (Å²) in [5.74, 6) is 1.50. The molecule has 144 valence electrons. The molecule has 2 N–H and O–H groups in total. The van der Waals surface area contributed by atoms with Crippen LogP contribution >= 0.6 is 0 Å². The number of benzene rings is 1. The van der Waals surface area contributed by atoms with E-state index < -0.39 is 0 Å². The van der Waals surface area contributed by atoms with Gasteiger partial charge < -0.3 is 10.1 Å². The van der Waals surface area contributed by atoms with Crippen molar-refractivity contribution < 1.29 is 9.53 Å². The van der Waals surface area contributed by atoms with Gasteiger partial charge >= 0.3 is 0 Å². The van der Waals surface area contributed by atoms with Crippen LogP contribution in [0.5, 0.6) is 0 Å². The summed E-state index contributed by atoms with van der Waals surface area (Å²) in [6.07, 6.45) is 4.19. The largest absolute Gasteiger partial charge is 0.381 e. The van der Waals surface area contributed by atoms with E-state index in [1.807, 2.05) is 30.3 Å². The fraction of sp³-hybridized carbons (Fsp3) is 0.550. The van der Waals surface area contributed by atoms with Gasteiger partial charge in [-0.05, 0) is 32.2 Å². The fourth-order valence-electron chi connectivity index (χ4n) is 4.01. The van der Waals surface area contributed by atoms with Gasteiger partial charge in [0.25, 0.3) is 0 Å². The monoisotopic (exact) mass is 369 g/mol. The Hall–Kier alpha value is -2.25. The van der Waals surface area contributed by atoms with E-state index in [-0.39, 0.29) is 11.8 Å². The molecule has 7 nitrogen and oxygen atoms in total. The number of rotatable bonds is 5. The third kappa shape index (κ3) is 4.54. The lowest BCUT2D eigenvalue weighted by molar-refractivity contribution is -0.127. The Morgan fingerprint density at radius 1 is 1.22 bits per heavy atom. The van der Waals surface area contributed by atoms with E-state index in [0.29, 0.717) is 24.2 Å². The fourth-order valence-corrected chi connectivity index (χ4v) is 4.01. The SMILES string of the molecule is O=C(NCc1nc(-c2ccccc2)n[nH]1)C1CCCN(C2CCOCC2)C1. The zero-order valence-corrected chi connectivity index (χ0v) is 15.6. The molecule has 1 amide bonds. The van der Waals surface area contributed by atoms with Crippen LogP contribution in [0.2, 0.25) is 0 Å². The molecule has 1 aromatic carbocycles. The van der Waals surface area contributed by atoms with E-state index in [2.05, 4.69) is 25.4 Å². The van der Waals surface area contributed by atoms with Crippen LogP contribution < -0.4 is 5.32 Å². The lowest BCUT2D eigenvalue weighted by Gasteiger charge is -2.39. The first-order chi connectivity index (χ1) is 13.3.